The smallest absolute Gasteiger partial charge is 0.0267 e. The van der Waals surface area contributed by atoms with E-state index in [0.717, 1.165) is 17.8 Å². The van der Waals surface area contributed by atoms with Gasteiger partial charge in [0.2, 0.25) is 0 Å². The second-order valence-corrected chi connectivity index (χ2v) is 7.06. The third-order valence-corrected chi connectivity index (χ3v) is 4.60. The van der Waals surface area contributed by atoms with Crippen molar-refractivity contribution in [3.05, 3.63) is 0 Å². The van der Waals surface area contributed by atoms with Crippen molar-refractivity contribution in [3.63, 3.8) is 0 Å². The van der Waals surface area contributed by atoms with Gasteiger partial charge < -0.3 is 0 Å². The van der Waals surface area contributed by atoms with Crippen LogP contribution in [-0.2, 0) is 0 Å². The van der Waals surface area contributed by atoms with E-state index in [1.54, 1.807) is 0 Å². The van der Waals surface area contributed by atoms with Crippen LogP contribution in [-0.4, -0.2) is 0 Å². The van der Waals surface area contributed by atoms with Crippen LogP contribution in [0, 0.1) is 28.6 Å². The van der Waals surface area contributed by atoms with Gasteiger partial charge in [-0.15, -0.1) is 0 Å². The van der Waals surface area contributed by atoms with E-state index < -0.39 is 0 Å². The Bertz CT molecular complexity index is 200. The van der Waals surface area contributed by atoms with Gasteiger partial charge in [0.15, 0.2) is 0 Å². The first-order valence-electron chi connectivity index (χ1n) is 6.19. The quantitative estimate of drug-likeness (QED) is 0.598. The maximum Gasteiger partial charge on any atom is -0.0267 e. The molecular formula is C14H28. The monoisotopic (exact) mass is 196 g/mol. The summed E-state index contributed by atoms with van der Waals surface area (Å²) in [6, 6.07) is 0. The van der Waals surface area contributed by atoms with E-state index in [-0.39, 0.29) is 0 Å². The third-order valence-electron chi connectivity index (χ3n) is 4.60. The van der Waals surface area contributed by atoms with Crippen LogP contribution in [0.4, 0.5) is 0 Å². The van der Waals surface area contributed by atoms with E-state index in [1.807, 2.05) is 0 Å². The Labute approximate surface area is 90.5 Å². The minimum absolute atomic E-state index is 0.563. The molecule has 1 aliphatic rings. The highest BCUT2D eigenvalue weighted by Crippen LogP contribution is 2.58. The van der Waals surface area contributed by atoms with Crippen molar-refractivity contribution in [2.75, 3.05) is 0 Å². The predicted octanol–water partition coefficient (Wildman–Crippen LogP) is 4.74. The summed E-state index contributed by atoms with van der Waals surface area (Å²) >= 11 is 0. The zero-order valence-electron chi connectivity index (χ0n) is 11.1. The van der Waals surface area contributed by atoms with Crippen molar-refractivity contribution in [2.24, 2.45) is 28.6 Å². The minimum atomic E-state index is 0.563. The fourth-order valence-electron chi connectivity index (χ4n) is 3.69. The Balaban J connectivity index is 2.93. The molecule has 0 bridgehead atoms. The van der Waals surface area contributed by atoms with Gasteiger partial charge in [0.05, 0.1) is 0 Å². The molecule has 0 amide bonds. The van der Waals surface area contributed by atoms with Gasteiger partial charge in [0.1, 0.15) is 0 Å². The van der Waals surface area contributed by atoms with Crippen molar-refractivity contribution in [1.29, 1.82) is 0 Å². The molecule has 0 radical (unpaired) electrons. The van der Waals surface area contributed by atoms with Crippen LogP contribution in [0.25, 0.3) is 0 Å². The molecule has 0 saturated heterocycles. The van der Waals surface area contributed by atoms with Crippen LogP contribution in [0.15, 0.2) is 0 Å². The summed E-state index contributed by atoms with van der Waals surface area (Å²) in [7, 11) is 0. The lowest BCUT2D eigenvalue weighted by Crippen LogP contribution is -2.31. The Kier molecular flexibility index (Phi) is 3.05. The fourth-order valence-corrected chi connectivity index (χ4v) is 3.69. The average Bonchev–Trinajstić information content (AvgIpc) is 2.22. The van der Waals surface area contributed by atoms with E-state index in [0.29, 0.717) is 10.8 Å². The van der Waals surface area contributed by atoms with Gasteiger partial charge in [-0.25, -0.2) is 0 Å². The van der Waals surface area contributed by atoms with Crippen LogP contribution in [0.1, 0.15) is 61.3 Å². The molecule has 0 N–H and O–H groups in total. The van der Waals surface area contributed by atoms with Gasteiger partial charge in [0, 0.05) is 0 Å². The Morgan fingerprint density at radius 2 is 1.50 bits per heavy atom. The van der Waals surface area contributed by atoms with Crippen LogP contribution in [0.3, 0.4) is 0 Å². The first kappa shape index (κ1) is 12.1. The fraction of sp³-hybridized carbons (Fsp3) is 1.00. The molecule has 0 spiro atoms. The van der Waals surface area contributed by atoms with Crippen LogP contribution >= 0.6 is 0 Å². The number of hydrogen-bond acceptors (Lipinski definition) is 0. The summed E-state index contributed by atoms with van der Waals surface area (Å²) in [5.74, 6) is 2.57. The van der Waals surface area contributed by atoms with Crippen molar-refractivity contribution >= 4 is 0 Å². The van der Waals surface area contributed by atoms with Gasteiger partial charge in [-0.2, -0.15) is 0 Å². The molecule has 0 nitrogen and oxygen atoms in total. The molecule has 1 fully saturated rings. The summed E-state index contributed by atoms with van der Waals surface area (Å²) in [6.45, 7) is 17.0. The van der Waals surface area contributed by atoms with E-state index in [9.17, 15) is 0 Å². The van der Waals surface area contributed by atoms with Crippen molar-refractivity contribution in [1.82, 2.24) is 0 Å². The van der Waals surface area contributed by atoms with Crippen LogP contribution in [0.5, 0.6) is 0 Å². The zero-order valence-corrected chi connectivity index (χ0v) is 11.1. The Hall–Kier alpha value is 0. The SMILES string of the molecule is CC(C)C1CC(C)(C)CC1(C)C(C)C. The van der Waals surface area contributed by atoms with Gasteiger partial charge in [0.25, 0.3) is 0 Å². The number of rotatable bonds is 2. The van der Waals surface area contributed by atoms with E-state index in [2.05, 4.69) is 48.5 Å². The molecule has 1 saturated carbocycles. The summed E-state index contributed by atoms with van der Waals surface area (Å²) in [4.78, 5) is 0. The molecule has 1 aliphatic carbocycles. The van der Waals surface area contributed by atoms with E-state index in [1.165, 1.54) is 12.8 Å². The van der Waals surface area contributed by atoms with Gasteiger partial charge in [-0.1, -0.05) is 48.5 Å². The zero-order chi connectivity index (χ0) is 11.1. The van der Waals surface area contributed by atoms with E-state index >= 15 is 0 Å². The lowest BCUT2D eigenvalue weighted by atomic mass is 9.67. The van der Waals surface area contributed by atoms with E-state index in [4.69, 9.17) is 0 Å². The molecule has 0 aliphatic heterocycles. The first-order valence-corrected chi connectivity index (χ1v) is 6.19. The standard InChI is InChI=1S/C14H28/c1-10(2)12-8-13(5,6)9-14(12,7)11(3)4/h10-12H,8-9H2,1-7H3. The maximum absolute atomic E-state index is 2.51. The maximum atomic E-state index is 2.51. The van der Waals surface area contributed by atoms with Gasteiger partial charge in [-0.3, -0.25) is 0 Å². The molecule has 0 aromatic carbocycles. The molecule has 0 heteroatoms. The molecule has 0 aromatic rings. The normalized spacial score (nSPS) is 37.1. The third kappa shape index (κ3) is 1.99. The molecule has 2 atom stereocenters. The van der Waals surface area contributed by atoms with Crippen LogP contribution < -0.4 is 0 Å². The second kappa shape index (κ2) is 3.54. The second-order valence-electron chi connectivity index (χ2n) is 7.06. The van der Waals surface area contributed by atoms with Crippen molar-refractivity contribution in [3.8, 4) is 0 Å². The first-order chi connectivity index (χ1) is 6.19. The molecular weight excluding hydrogens is 168 g/mol. The highest BCUT2D eigenvalue weighted by molar-refractivity contribution is 4.99. The van der Waals surface area contributed by atoms with Crippen LogP contribution in [0.2, 0.25) is 0 Å². The largest absolute Gasteiger partial charge is 0.0625 e. The van der Waals surface area contributed by atoms with Crippen molar-refractivity contribution in [2.45, 2.75) is 61.3 Å². The molecule has 0 heterocycles. The van der Waals surface area contributed by atoms with Gasteiger partial charge >= 0.3 is 0 Å². The molecule has 2 unspecified atom stereocenters. The minimum Gasteiger partial charge on any atom is -0.0625 e. The Morgan fingerprint density at radius 3 is 1.79 bits per heavy atom. The summed E-state index contributed by atoms with van der Waals surface area (Å²) in [5.41, 5.74) is 1.13. The molecule has 14 heavy (non-hydrogen) atoms. The molecule has 1 rings (SSSR count). The average molecular weight is 196 g/mol. The molecule has 84 valence electrons. The highest BCUT2D eigenvalue weighted by Gasteiger charge is 2.49. The van der Waals surface area contributed by atoms with Crippen molar-refractivity contribution < 1.29 is 0 Å². The summed E-state index contributed by atoms with van der Waals surface area (Å²) in [5, 5.41) is 0. The summed E-state index contributed by atoms with van der Waals surface area (Å²) < 4.78 is 0. The van der Waals surface area contributed by atoms with Gasteiger partial charge in [-0.05, 0) is 41.4 Å². The lowest BCUT2D eigenvalue weighted by Gasteiger charge is -2.38. The number of hydrogen-bond donors (Lipinski definition) is 0. The highest BCUT2D eigenvalue weighted by atomic mass is 14.5. The topological polar surface area (TPSA) is 0 Å². The Morgan fingerprint density at radius 1 is 1.00 bits per heavy atom. The predicted molar refractivity (Wildman–Crippen MR) is 64.3 cm³/mol. The lowest BCUT2D eigenvalue weighted by molar-refractivity contribution is 0.109. The molecule has 0 aromatic heterocycles. The summed E-state index contributed by atoms with van der Waals surface area (Å²) in [6.07, 6.45) is 2.82.